The minimum absolute atomic E-state index is 0.0598. The van der Waals surface area contributed by atoms with Crippen LogP contribution in [0.1, 0.15) is 18.5 Å². The lowest BCUT2D eigenvalue weighted by Crippen LogP contribution is -2.50. The molecule has 0 saturated carbocycles. The van der Waals surface area contributed by atoms with Crippen LogP contribution in [0.5, 0.6) is 0 Å². The van der Waals surface area contributed by atoms with Gasteiger partial charge < -0.3 is 20.9 Å². The Balaban J connectivity index is 1.63. The molecule has 1 fully saturated rings. The third-order valence-electron chi connectivity index (χ3n) is 4.50. The number of aromatic nitrogens is 2. The highest BCUT2D eigenvalue weighted by molar-refractivity contribution is 5.98. The maximum Gasteiger partial charge on any atom is 0.269 e. The molecular formula is C17H20N6O4. The van der Waals surface area contributed by atoms with E-state index in [2.05, 4.69) is 15.3 Å². The zero-order valence-electron chi connectivity index (χ0n) is 14.5. The molecule has 3 rings (SSSR count). The number of anilines is 1. The number of carbonyl (C=O) groups excluding carboxylic acids is 2. The fourth-order valence-corrected chi connectivity index (χ4v) is 3.13. The predicted octanol–water partition coefficient (Wildman–Crippen LogP) is 0.817. The number of rotatable bonds is 6. The van der Waals surface area contributed by atoms with Crippen LogP contribution in [-0.4, -0.2) is 50.2 Å². The third kappa shape index (κ3) is 4.29. The van der Waals surface area contributed by atoms with Crippen molar-refractivity contribution in [1.29, 1.82) is 0 Å². The molecule has 1 saturated heterocycles. The number of nitro benzene ring substituents is 1. The normalized spacial score (nSPS) is 17.5. The highest BCUT2D eigenvalue weighted by Crippen LogP contribution is 2.21. The van der Waals surface area contributed by atoms with E-state index in [1.165, 1.54) is 35.5 Å². The van der Waals surface area contributed by atoms with Gasteiger partial charge in [0.2, 0.25) is 11.8 Å². The van der Waals surface area contributed by atoms with Gasteiger partial charge in [-0.2, -0.15) is 0 Å². The van der Waals surface area contributed by atoms with E-state index >= 15 is 0 Å². The highest BCUT2D eigenvalue weighted by Gasteiger charge is 2.36. The number of carbonyl (C=O) groups is 2. The van der Waals surface area contributed by atoms with Gasteiger partial charge >= 0.3 is 0 Å². The molecule has 2 heterocycles. The molecule has 0 unspecified atom stereocenters. The molecule has 2 aromatic rings. The molecule has 4 N–H and O–H groups in total. The van der Waals surface area contributed by atoms with Crippen LogP contribution in [0.4, 0.5) is 11.4 Å². The van der Waals surface area contributed by atoms with Gasteiger partial charge in [-0.25, -0.2) is 4.98 Å². The smallest absolute Gasteiger partial charge is 0.269 e. The topological polar surface area (TPSA) is 147 Å². The number of benzene rings is 1. The Morgan fingerprint density at radius 3 is 2.78 bits per heavy atom. The Kier molecular flexibility index (Phi) is 5.46. The van der Waals surface area contributed by atoms with Crippen LogP contribution >= 0.6 is 0 Å². The Bertz CT molecular complexity index is 820. The van der Waals surface area contributed by atoms with Crippen molar-refractivity contribution in [3.63, 3.8) is 0 Å². The molecule has 1 aliphatic heterocycles. The van der Waals surface area contributed by atoms with Gasteiger partial charge in [-0.05, 0) is 25.0 Å². The first-order valence-electron chi connectivity index (χ1n) is 8.54. The van der Waals surface area contributed by atoms with E-state index in [4.69, 9.17) is 5.73 Å². The number of nitrogens with zero attached hydrogens (tertiary/aromatic N) is 3. The number of hydrogen-bond acceptors (Lipinski definition) is 6. The van der Waals surface area contributed by atoms with Crippen LogP contribution in [0.15, 0.2) is 36.8 Å². The fraction of sp³-hybridized carbons (Fsp3) is 0.353. The summed E-state index contributed by atoms with van der Waals surface area (Å²) in [4.78, 5) is 43.7. The van der Waals surface area contributed by atoms with Crippen molar-refractivity contribution in [2.45, 2.75) is 31.3 Å². The lowest BCUT2D eigenvalue weighted by molar-refractivity contribution is -0.384. The number of hydrogen-bond donors (Lipinski definition) is 3. The minimum Gasteiger partial charge on any atom is -0.348 e. The molecule has 142 valence electrons. The Hall–Kier alpha value is -3.27. The molecule has 1 aromatic carbocycles. The second kappa shape index (κ2) is 7.96. The van der Waals surface area contributed by atoms with Crippen molar-refractivity contribution in [2.75, 3.05) is 11.9 Å². The number of nitrogens with two attached hydrogens (primary N) is 1. The Morgan fingerprint density at radius 1 is 1.41 bits per heavy atom. The van der Waals surface area contributed by atoms with Crippen LogP contribution in [-0.2, 0) is 16.0 Å². The molecule has 10 heteroatoms. The maximum absolute atomic E-state index is 12.7. The summed E-state index contributed by atoms with van der Waals surface area (Å²) in [6, 6.07) is 4.17. The van der Waals surface area contributed by atoms with Gasteiger partial charge in [0.15, 0.2) is 0 Å². The summed E-state index contributed by atoms with van der Waals surface area (Å²) < 4.78 is 0. The van der Waals surface area contributed by atoms with Gasteiger partial charge in [0.1, 0.15) is 6.04 Å². The molecule has 0 bridgehead atoms. The first-order valence-corrected chi connectivity index (χ1v) is 8.54. The molecule has 2 amide bonds. The van der Waals surface area contributed by atoms with Gasteiger partial charge in [-0.15, -0.1) is 0 Å². The summed E-state index contributed by atoms with van der Waals surface area (Å²) in [7, 11) is 0. The van der Waals surface area contributed by atoms with E-state index in [1.54, 1.807) is 6.20 Å². The zero-order chi connectivity index (χ0) is 19.4. The standard InChI is InChI=1S/C17H20N6O4/c18-14(8-12-9-19-10-20-12)17(25)22-7-1-2-15(22)16(24)21-11-3-5-13(6-4-11)23(26)27/h3-6,9-10,14-15H,1-2,7-8,18H2,(H,19,20)(H,21,24)/t14-,15-/m0/s1. The molecule has 0 spiro atoms. The molecule has 10 nitrogen and oxygen atoms in total. The summed E-state index contributed by atoms with van der Waals surface area (Å²) in [5.41, 5.74) is 7.14. The lowest BCUT2D eigenvalue weighted by atomic mass is 10.1. The molecule has 1 aromatic heterocycles. The number of aromatic amines is 1. The van der Waals surface area contributed by atoms with Crippen molar-refractivity contribution in [2.24, 2.45) is 5.73 Å². The maximum atomic E-state index is 12.7. The van der Waals surface area contributed by atoms with Gasteiger partial charge in [0.05, 0.1) is 17.3 Å². The van der Waals surface area contributed by atoms with Crippen molar-refractivity contribution in [3.05, 3.63) is 52.6 Å². The van der Waals surface area contributed by atoms with E-state index in [9.17, 15) is 19.7 Å². The summed E-state index contributed by atoms with van der Waals surface area (Å²) >= 11 is 0. The second-order valence-corrected chi connectivity index (χ2v) is 6.37. The summed E-state index contributed by atoms with van der Waals surface area (Å²) in [5, 5.41) is 13.4. The lowest BCUT2D eigenvalue weighted by Gasteiger charge is -2.26. The van der Waals surface area contributed by atoms with E-state index < -0.39 is 17.0 Å². The van der Waals surface area contributed by atoms with Crippen LogP contribution < -0.4 is 11.1 Å². The molecule has 27 heavy (non-hydrogen) atoms. The average molecular weight is 372 g/mol. The second-order valence-electron chi connectivity index (χ2n) is 6.37. The molecule has 0 aliphatic carbocycles. The predicted molar refractivity (Wildman–Crippen MR) is 96.7 cm³/mol. The van der Waals surface area contributed by atoms with Crippen molar-refractivity contribution < 1.29 is 14.5 Å². The van der Waals surface area contributed by atoms with Gasteiger partial charge in [0, 0.05) is 42.7 Å². The quantitative estimate of drug-likeness (QED) is 0.505. The number of likely N-dealkylation sites (tertiary alicyclic amines) is 1. The first kappa shape index (κ1) is 18.5. The Labute approximate surface area is 154 Å². The molecule has 2 atom stereocenters. The van der Waals surface area contributed by atoms with E-state index in [1.807, 2.05) is 0 Å². The van der Waals surface area contributed by atoms with Crippen LogP contribution in [0.25, 0.3) is 0 Å². The first-order chi connectivity index (χ1) is 13.0. The van der Waals surface area contributed by atoms with Crippen molar-refractivity contribution >= 4 is 23.2 Å². The van der Waals surface area contributed by atoms with Crippen molar-refractivity contribution in [3.8, 4) is 0 Å². The van der Waals surface area contributed by atoms with Crippen LogP contribution in [0, 0.1) is 10.1 Å². The summed E-state index contributed by atoms with van der Waals surface area (Å²) in [6.45, 7) is 0.466. The Morgan fingerprint density at radius 2 is 2.15 bits per heavy atom. The molecule has 0 radical (unpaired) electrons. The number of nitro groups is 1. The van der Waals surface area contributed by atoms with Crippen molar-refractivity contribution in [1.82, 2.24) is 14.9 Å². The van der Waals surface area contributed by atoms with Gasteiger partial charge in [-0.3, -0.25) is 19.7 Å². The monoisotopic (exact) mass is 372 g/mol. The average Bonchev–Trinajstić information content (AvgIpc) is 3.33. The van der Waals surface area contributed by atoms with Crippen LogP contribution in [0.2, 0.25) is 0 Å². The minimum atomic E-state index is -0.766. The van der Waals surface area contributed by atoms with E-state index in [-0.39, 0.29) is 17.5 Å². The summed E-state index contributed by atoms with van der Waals surface area (Å²) in [6.07, 6.45) is 4.69. The number of non-ortho nitro benzene ring substituents is 1. The van der Waals surface area contributed by atoms with Crippen LogP contribution in [0.3, 0.4) is 0 Å². The highest BCUT2D eigenvalue weighted by atomic mass is 16.6. The van der Waals surface area contributed by atoms with E-state index in [0.717, 1.165) is 5.69 Å². The van der Waals surface area contributed by atoms with E-state index in [0.29, 0.717) is 31.5 Å². The zero-order valence-corrected chi connectivity index (χ0v) is 14.5. The molecular weight excluding hydrogens is 352 g/mol. The molecule has 1 aliphatic rings. The largest absolute Gasteiger partial charge is 0.348 e. The number of imidazole rings is 1. The number of H-pyrrole nitrogens is 1. The number of amides is 2. The fourth-order valence-electron chi connectivity index (χ4n) is 3.13. The van der Waals surface area contributed by atoms with Gasteiger partial charge in [0.25, 0.3) is 5.69 Å². The third-order valence-corrected chi connectivity index (χ3v) is 4.50. The summed E-state index contributed by atoms with van der Waals surface area (Å²) in [5.74, 6) is -0.616. The number of nitrogens with one attached hydrogen (secondary N) is 2. The van der Waals surface area contributed by atoms with Gasteiger partial charge in [-0.1, -0.05) is 0 Å². The SMILES string of the molecule is N[C@@H](Cc1cnc[nH]1)C(=O)N1CCC[C@H]1C(=O)Nc1ccc([N+](=O)[O-])cc1.